The first-order valence-electron chi connectivity index (χ1n) is 8.20. The van der Waals surface area contributed by atoms with Crippen molar-refractivity contribution in [3.05, 3.63) is 58.9 Å². The molecule has 1 amide bonds. The van der Waals surface area contributed by atoms with Crippen LogP contribution in [-0.2, 0) is 6.54 Å². The van der Waals surface area contributed by atoms with Crippen LogP contribution in [0.3, 0.4) is 0 Å². The largest absolute Gasteiger partial charge is 0.348 e. The van der Waals surface area contributed by atoms with Crippen molar-refractivity contribution in [3.8, 4) is 0 Å². The van der Waals surface area contributed by atoms with Crippen molar-refractivity contribution in [2.75, 3.05) is 13.1 Å². The second-order valence-corrected chi connectivity index (χ2v) is 6.06. The number of rotatable bonds is 4. The minimum atomic E-state index is -0.289. The number of halogens is 1. The van der Waals surface area contributed by atoms with E-state index in [2.05, 4.69) is 20.6 Å². The minimum Gasteiger partial charge on any atom is -0.348 e. The number of amides is 1. The van der Waals surface area contributed by atoms with Gasteiger partial charge in [0.2, 0.25) is 0 Å². The highest BCUT2D eigenvalue weighted by atomic mass is 19.1. The van der Waals surface area contributed by atoms with Crippen LogP contribution in [0, 0.1) is 12.7 Å². The number of hydrogen-bond donors (Lipinski definition) is 2. The Morgan fingerprint density at radius 3 is 2.67 bits per heavy atom. The van der Waals surface area contributed by atoms with Crippen LogP contribution in [0.15, 0.2) is 30.5 Å². The van der Waals surface area contributed by atoms with E-state index in [-0.39, 0.29) is 11.7 Å². The Hall–Kier alpha value is -2.34. The lowest BCUT2D eigenvalue weighted by molar-refractivity contribution is 0.0949. The van der Waals surface area contributed by atoms with Crippen molar-refractivity contribution in [1.82, 2.24) is 20.6 Å². The zero-order valence-electron chi connectivity index (χ0n) is 13.7. The molecule has 1 aliphatic heterocycles. The van der Waals surface area contributed by atoms with Gasteiger partial charge in [-0.3, -0.25) is 4.79 Å². The monoisotopic (exact) mass is 328 g/mol. The molecule has 0 spiro atoms. The van der Waals surface area contributed by atoms with E-state index in [1.165, 1.54) is 12.1 Å². The van der Waals surface area contributed by atoms with Gasteiger partial charge in [0.25, 0.3) is 5.91 Å². The smallest absolute Gasteiger partial charge is 0.254 e. The fraction of sp³-hybridized carbons (Fsp3) is 0.389. The average Bonchev–Trinajstić information content (AvgIpc) is 2.61. The Labute approximate surface area is 140 Å². The maximum atomic E-state index is 12.9. The first-order valence-corrected chi connectivity index (χ1v) is 8.20. The molecule has 1 fully saturated rings. The van der Waals surface area contributed by atoms with Crippen molar-refractivity contribution in [2.24, 2.45) is 0 Å². The molecule has 0 unspecified atom stereocenters. The van der Waals surface area contributed by atoms with Gasteiger partial charge in [-0.1, -0.05) is 12.1 Å². The third-order valence-corrected chi connectivity index (χ3v) is 4.31. The van der Waals surface area contributed by atoms with Gasteiger partial charge >= 0.3 is 0 Å². The first kappa shape index (κ1) is 16.5. The molecule has 126 valence electrons. The molecule has 0 bridgehead atoms. The quantitative estimate of drug-likeness (QED) is 0.904. The van der Waals surface area contributed by atoms with E-state index < -0.39 is 0 Å². The van der Waals surface area contributed by atoms with E-state index in [4.69, 9.17) is 0 Å². The van der Waals surface area contributed by atoms with Gasteiger partial charge in [-0.05, 0) is 50.6 Å². The van der Waals surface area contributed by atoms with E-state index in [1.807, 2.05) is 6.92 Å². The van der Waals surface area contributed by atoms with Crippen molar-refractivity contribution < 1.29 is 9.18 Å². The summed E-state index contributed by atoms with van der Waals surface area (Å²) in [5.41, 5.74) is 2.01. The van der Waals surface area contributed by atoms with Crippen LogP contribution in [0.1, 0.15) is 46.2 Å². The maximum Gasteiger partial charge on any atom is 0.254 e. The molecule has 0 atom stereocenters. The van der Waals surface area contributed by atoms with Crippen LogP contribution in [0.4, 0.5) is 4.39 Å². The third-order valence-electron chi connectivity index (χ3n) is 4.31. The van der Waals surface area contributed by atoms with Crippen molar-refractivity contribution >= 4 is 5.91 Å². The Bertz CT molecular complexity index is 711. The second-order valence-electron chi connectivity index (χ2n) is 6.06. The van der Waals surface area contributed by atoms with Crippen LogP contribution < -0.4 is 10.6 Å². The maximum absolute atomic E-state index is 12.9. The fourth-order valence-electron chi connectivity index (χ4n) is 2.86. The molecular weight excluding hydrogens is 307 g/mol. The van der Waals surface area contributed by atoms with E-state index in [0.717, 1.165) is 37.3 Å². The normalized spacial score (nSPS) is 15.2. The Morgan fingerprint density at radius 1 is 1.29 bits per heavy atom. The summed E-state index contributed by atoms with van der Waals surface area (Å²) in [5.74, 6) is 0.682. The summed E-state index contributed by atoms with van der Waals surface area (Å²) in [4.78, 5) is 21.3. The van der Waals surface area contributed by atoms with Crippen LogP contribution in [-0.4, -0.2) is 29.0 Å². The number of hydrogen-bond acceptors (Lipinski definition) is 4. The Morgan fingerprint density at radius 2 is 2.00 bits per heavy atom. The number of nitrogens with zero attached hydrogens (tertiary/aromatic N) is 2. The van der Waals surface area contributed by atoms with Crippen molar-refractivity contribution in [3.63, 3.8) is 0 Å². The zero-order chi connectivity index (χ0) is 16.9. The lowest BCUT2D eigenvalue weighted by atomic mass is 9.97. The van der Waals surface area contributed by atoms with Crippen molar-refractivity contribution in [2.45, 2.75) is 32.2 Å². The number of aryl methyl sites for hydroxylation is 1. The van der Waals surface area contributed by atoms with Crippen LogP contribution in [0.5, 0.6) is 0 Å². The van der Waals surface area contributed by atoms with Crippen LogP contribution >= 0.6 is 0 Å². The molecule has 1 aliphatic rings. The molecule has 0 radical (unpaired) electrons. The topological polar surface area (TPSA) is 66.9 Å². The van der Waals surface area contributed by atoms with E-state index in [0.29, 0.717) is 23.7 Å². The van der Waals surface area contributed by atoms with Gasteiger partial charge in [0.05, 0.1) is 11.3 Å². The number of carbonyl (C=O) groups excluding carboxylic acids is 1. The molecule has 3 rings (SSSR count). The van der Waals surface area contributed by atoms with E-state index >= 15 is 0 Å². The number of nitrogens with one attached hydrogen (secondary N) is 2. The Kier molecular flexibility index (Phi) is 5.15. The highest BCUT2D eigenvalue weighted by molar-refractivity contribution is 5.94. The van der Waals surface area contributed by atoms with Gasteiger partial charge < -0.3 is 10.6 Å². The molecule has 0 saturated carbocycles. The second kappa shape index (κ2) is 7.49. The summed E-state index contributed by atoms with van der Waals surface area (Å²) in [6, 6.07) is 6.06. The first-order chi connectivity index (χ1) is 11.6. The number of piperidine rings is 1. The molecule has 2 N–H and O–H groups in total. The van der Waals surface area contributed by atoms with Gasteiger partial charge in [0.1, 0.15) is 11.6 Å². The van der Waals surface area contributed by atoms with Gasteiger partial charge in [0, 0.05) is 18.7 Å². The molecule has 24 heavy (non-hydrogen) atoms. The average molecular weight is 328 g/mol. The molecule has 2 aromatic rings. The Balaban J connectivity index is 1.65. The lowest BCUT2D eigenvalue weighted by Crippen LogP contribution is -2.28. The van der Waals surface area contributed by atoms with E-state index in [9.17, 15) is 9.18 Å². The molecule has 1 aromatic heterocycles. The predicted molar refractivity (Wildman–Crippen MR) is 89.2 cm³/mol. The molecule has 1 aromatic carbocycles. The molecular formula is C18H21FN4O. The third kappa shape index (κ3) is 3.94. The lowest BCUT2D eigenvalue weighted by Gasteiger charge is -2.21. The van der Waals surface area contributed by atoms with E-state index in [1.54, 1.807) is 18.3 Å². The molecule has 5 nitrogen and oxygen atoms in total. The number of aromatic nitrogens is 2. The van der Waals surface area contributed by atoms with Gasteiger partial charge in [-0.25, -0.2) is 14.4 Å². The summed E-state index contributed by atoms with van der Waals surface area (Å²) >= 11 is 0. The highest BCUT2D eigenvalue weighted by Gasteiger charge is 2.19. The molecule has 0 aliphatic carbocycles. The van der Waals surface area contributed by atoms with Gasteiger partial charge in [0.15, 0.2) is 0 Å². The highest BCUT2D eigenvalue weighted by Crippen LogP contribution is 2.22. The molecule has 6 heteroatoms. The minimum absolute atomic E-state index is 0.214. The van der Waals surface area contributed by atoms with Crippen LogP contribution in [0.25, 0.3) is 0 Å². The predicted octanol–water partition coefficient (Wildman–Crippen LogP) is 2.32. The van der Waals surface area contributed by atoms with Crippen molar-refractivity contribution in [1.29, 1.82) is 0 Å². The van der Waals surface area contributed by atoms with Crippen LogP contribution in [0.2, 0.25) is 0 Å². The van der Waals surface area contributed by atoms with Gasteiger partial charge in [-0.15, -0.1) is 0 Å². The molecule has 2 heterocycles. The summed E-state index contributed by atoms with van der Waals surface area (Å²) in [5, 5.41) is 6.14. The number of carbonyl (C=O) groups is 1. The SMILES string of the molecule is Cc1nc(C2CCNCC2)ncc1C(=O)NCc1ccc(F)cc1. The standard InChI is InChI=1S/C18H21FN4O/c1-12-16(11-21-17(23-12)14-6-8-20-9-7-14)18(24)22-10-13-2-4-15(19)5-3-13/h2-5,11,14,20H,6-10H2,1H3,(H,22,24). The summed E-state index contributed by atoms with van der Waals surface area (Å²) in [6.45, 7) is 4.13. The number of benzene rings is 1. The summed E-state index contributed by atoms with van der Waals surface area (Å²) < 4.78 is 12.9. The summed E-state index contributed by atoms with van der Waals surface area (Å²) in [7, 11) is 0. The molecule has 1 saturated heterocycles. The summed E-state index contributed by atoms with van der Waals surface area (Å²) in [6.07, 6.45) is 3.66. The zero-order valence-corrected chi connectivity index (χ0v) is 13.7. The van der Waals surface area contributed by atoms with Gasteiger partial charge in [-0.2, -0.15) is 0 Å². The fourth-order valence-corrected chi connectivity index (χ4v) is 2.86.